The predicted molar refractivity (Wildman–Crippen MR) is 253 cm³/mol. The van der Waals surface area contributed by atoms with E-state index in [9.17, 15) is 78.0 Å². The first-order chi connectivity index (χ1) is 34.0. The summed E-state index contributed by atoms with van der Waals surface area (Å²) in [4.78, 5) is 155. The summed E-state index contributed by atoms with van der Waals surface area (Å²) < 4.78 is 4.98. The van der Waals surface area contributed by atoms with Gasteiger partial charge in [-0.1, -0.05) is 22.8 Å². The van der Waals surface area contributed by atoms with Crippen LogP contribution in [0, 0.1) is 12.3 Å². The number of H-pyrrole nitrogens is 1. The van der Waals surface area contributed by atoms with Gasteiger partial charge in [0, 0.05) is 42.9 Å². The maximum Gasteiger partial charge on any atom is 0.327 e. The van der Waals surface area contributed by atoms with Crippen LogP contribution in [0.5, 0.6) is 0 Å². The van der Waals surface area contributed by atoms with E-state index in [4.69, 9.17) is 27.2 Å². The van der Waals surface area contributed by atoms with Gasteiger partial charge in [0.05, 0.1) is 36.7 Å². The van der Waals surface area contributed by atoms with Crippen LogP contribution in [0.25, 0.3) is 10.9 Å². The van der Waals surface area contributed by atoms with Gasteiger partial charge in [-0.3, -0.25) is 52.9 Å². The van der Waals surface area contributed by atoms with E-state index in [-0.39, 0.29) is 36.8 Å². The molecule has 0 aliphatic rings. The van der Waals surface area contributed by atoms with Crippen molar-refractivity contribution in [3.05, 3.63) is 63.9 Å². The molecule has 2 aromatic carbocycles. The van der Waals surface area contributed by atoms with Gasteiger partial charge in [-0.2, -0.15) is 0 Å². The molecule has 0 aliphatic heterocycles. The van der Waals surface area contributed by atoms with Crippen LogP contribution < -0.4 is 48.5 Å². The van der Waals surface area contributed by atoms with Gasteiger partial charge in [0.15, 0.2) is 0 Å². The fourth-order valence-corrected chi connectivity index (χ4v) is 7.56. The minimum absolute atomic E-state index is 0.0258. The molecule has 72 heavy (non-hydrogen) atoms. The molecule has 30 heteroatoms. The Morgan fingerprint density at radius 1 is 0.736 bits per heavy atom. The topological polar surface area (TPSA) is 459 Å². The minimum Gasteiger partial charge on any atom is -0.481 e. The molecular weight excluding hydrogens is 997 g/mol. The van der Waals surface area contributed by atoms with E-state index in [0.29, 0.717) is 27.7 Å². The molecule has 0 aliphatic carbocycles. The molecule has 3 rings (SSSR count). The van der Waals surface area contributed by atoms with E-state index in [1.807, 2.05) is 16.0 Å². The normalized spacial score (nSPS) is 12.8. The molecular formula is C42H48N10O18S2. The smallest absolute Gasteiger partial charge is 0.327 e. The number of hydrogen-bond donors (Lipinski definition) is 13. The summed E-state index contributed by atoms with van der Waals surface area (Å²) in [5.41, 5.74) is 12.3. The molecule has 0 radical (unpaired) electrons. The Morgan fingerprint density at radius 3 is 1.79 bits per heavy atom. The molecule has 1 unspecified atom stereocenters. The van der Waals surface area contributed by atoms with Gasteiger partial charge in [-0.25, -0.2) is 14.6 Å². The Kier molecular flexibility index (Phi) is 22.7. The Balaban J connectivity index is 1.50. The minimum atomic E-state index is -2.08. The second kappa shape index (κ2) is 28.3. The third-order valence-corrected chi connectivity index (χ3v) is 11.4. The van der Waals surface area contributed by atoms with Gasteiger partial charge < -0.3 is 72.7 Å². The predicted octanol–water partition coefficient (Wildman–Crippen LogP) is -2.26. The maximum absolute atomic E-state index is 13.1. The van der Waals surface area contributed by atoms with Crippen molar-refractivity contribution in [1.29, 1.82) is 0 Å². The van der Waals surface area contributed by atoms with Gasteiger partial charge >= 0.3 is 35.8 Å². The summed E-state index contributed by atoms with van der Waals surface area (Å²) >= 11 is 0.492. The van der Waals surface area contributed by atoms with E-state index in [0.717, 1.165) is 16.4 Å². The molecule has 386 valence electrons. The van der Waals surface area contributed by atoms with Crippen LogP contribution in [-0.4, -0.2) is 150 Å². The molecule has 1 aromatic heterocycles. The SMILES string of the molecule is C#CCN(Cc1ccc2nc(N)[nH]c(=O)c2c1)c1ccc(C(=O)NC(CCC(=O)OSSCCC(=O)N[C@@H](CC(=O)O)C(=O)N[C@@H](CC(=O)O)C(=O)N[C@@H](CC(=O)O)C(=O)N[C@@H](CN)C(=O)O)C(=O)O)cc1. The third-order valence-electron chi connectivity index (χ3n) is 9.67. The van der Waals surface area contributed by atoms with Crippen molar-refractivity contribution in [3.8, 4) is 12.3 Å². The Labute approximate surface area is 414 Å². The molecule has 3 aromatic rings. The van der Waals surface area contributed by atoms with Crippen molar-refractivity contribution in [1.82, 2.24) is 36.6 Å². The molecule has 5 atom stereocenters. The summed E-state index contributed by atoms with van der Waals surface area (Å²) in [6, 6.07) is 1.87. The molecule has 0 saturated carbocycles. The fourth-order valence-electron chi connectivity index (χ4n) is 6.18. The number of nitrogens with two attached hydrogens (primary N) is 2. The number of anilines is 2. The number of rotatable bonds is 30. The zero-order valence-electron chi connectivity index (χ0n) is 37.5. The number of terminal acetylenes is 1. The number of aliphatic carboxylic acids is 5. The van der Waals surface area contributed by atoms with Crippen LogP contribution in [0.1, 0.15) is 54.4 Å². The zero-order valence-corrected chi connectivity index (χ0v) is 39.1. The van der Waals surface area contributed by atoms with Gasteiger partial charge in [0.1, 0.15) is 41.3 Å². The lowest BCUT2D eigenvalue weighted by Crippen LogP contribution is -2.59. The molecule has 0 bridgehead atoms. The first-order valence-corrected chi connectivity index (χ1v) is 23.1. The Hall–Kier alpha value is -8.43. The number of carboxylic acids is 5. The van der Waals surface area contributed by atoms with Crippen LogP contribution in [0.3, 0.4) is 0 Å². The van der Waals surface area contributed by atoms with E-state index in [2.05, 4.69) is 26.5 Å². The Bertz CT molecular complexity index is 2640. The highest BCUT2D eigenvalue weighted by Gasteiger charge is 2.34. The first kappa shape index (κ1) is 57.9. The van der Waals surface area contributed by atoms with E-state index < -0.39 is 140 Å². The number of nitrogens with one attached hydrogen (secondary N) is 6. The number of carbonyl (C=O) groups is 11. The van der Waals surface area contributed by atoms with Crippen molar-refractivity contribution < 1.29 is 82.5 Å². The standard InChI is InChI=1S/C42H48N10O18S2/c1-2-12-52(19-20-3-8-24-23(14-20)36(62)51-42(44)50-24)22-6-4-21(5-7-22)35(61)46-25(40(66)67)9-10-34(60)70-72-71-13-11-30(53)45-26(15-31(54)55)37(63)47-27(16-32(56)57)38(64)48-28(17-33(58)59)39(65)49-29(18-43)41(68)69/h1,3-8,14,25-29H,9-13,15-19,43H2,(H,45,53)(H,46,61)(H,47,63)(H,48,64)(H,49,65)(H,54,55)(H,56,57)(H,58,59)(H,66,67)(H,68,69)(H3,44,50,51,62)/t25?,26-,27-,28-,29-/m0/s1. The van der Waals surface area contributed by atoms with Crippen LogP contribution in [0.4, 0.5) is 11.6 Å². The Morgan fingerprint density at radius 2 is 1.28 bits per heavy atom. The fraction of sp³-hybridized carbons (Fsp3) is 0.357. The average Bonchev–Trinajstić information content (AvgIpc) is 3.30. The molecule has 1 heterocycles. The van der Waals surface area contributed by atoms with Gasteiger partial charge in [-0.05, 0) is 48.4 Å². The number of aromatic amines is 1. The van der Waals surface area contributed by atoms with Gasteiger partial charge in [-0.15, -0.1) is 6.42 Å². The summed E-state index contributed by atoms with van der Waals surface area (Å²) in [7, 11) is 0.798. The van der Waals surface area contributed by atoms with Gasteiger partial charge in [0.25, 0.3) is 11.5 Å². The second-order valence-electron chi connectivity index (χ2n) is 15.1. The lowest BCUT2D eigenvalue weighted by atomic mass is 10.1. The number of nitrogens with zero attached hydrogens (tertiary/aromatic N) is 2. The molecule has 5 amide bonds. The third kappa shape index (κ3) is 19.2. The summed E-state index contributed by atoms with van der Waals surface area (Å²) in [6.45, 7) is -0.219. The van der Waals surface area contributed by atoms with Crippen molar-refractivity contribution >= 4 is 110 Å². The number of hydrogen-bond acceptors (Lipinski definition) is 19. The van der Waals surface area contributed by atoms with E-state index in [1.54, 1.807) is 35.2 Å². The lowest BCUT2D eigenvalue weighted by molar-refractivity contribution is -0.145. The first-order valence-electron chi connectivity index (χ1n) is 20.9. The number of benzene rings is 2. The van der Waals surface area contributed by atoms with Crippen LogP contribution in [-0.2, 0) is 58.7 Å². The van der Waals surface area contributed by atoms with Crippen molar-refractivity contribution in [2.24, 2.45) is 5.73 Å². The van der Waals surface area contributed by atoms with Gasteiger partial charge in [0.2, 0.25) is 29.6 Å². The molecule has 28 nitrogen and oxygen atoms in total. The second-order valence-corrected chi connectivity index (χ2v) is 17.1. The van der Waals surface area contributed by atoms with Crippen LogP contribution in [0.2, 0.25) is 0 Å². The molecule has 0 saturated heterocycles. The number of carboxylic acid groups (broad SMARTS) is 5. The zero-order chi connectivity index (χ0) is 53.7. The summed E-state index contributed by atoms with van der Waals surface area (Å²) in [5.74, 6) is -12.4. The van der Waals surface area contributed by atoms with E-state index in [1.165, 1.54) is 12.1 Å². The number of nitrogen functional groups attached to an aromatic ring is 1. The van der Waals surface area contributed by atoms with Crippen molar-refractivity contribution in [2.45, 2.75) is 75.3 Å². The van der Waals surface area contributed by atoms with Crippen molar-refractivity contribution in [3.63, 3.8) is 0 Å². The number of aromatic nitrogens is 2. The largest absolute Gasteiger partial charge is 0.481 e. The van der Waals surface area contributed by atoms with Crippen molar-refractivity contribution in [2.75, 3.05) is 29.5 Å². The maximum atomic E-state index is 13.1. The average molecular weight is 1050 g/mol. The molecule has 0 spiro atoms. The lowest BCUT2D eigenvalue weighted by Gasteiger charge is -2.24. The number of fused-ring (bicyclic) bond motifs is 1. The molecule has 0 fully saturated rings. The summed E-state index contributed by atoms with van der Waals surface area (Å²) in [5, 5.41) is 57.3. The van der Waals surface area contributed by atoms with Crippen LogP contribution in [0.15, 0.2) is 47.3 Å². The highest BCUT2D eigenvalue weighted by atomic mass is 33.1. The monoisotopic (exact) mass is 1040 g/mol. The highest BCUT2D eigenvalue weighted by Crippen LogP contribution is 2.24. The van der Waals surface area contributed by atoms with Crippen LogP contribution >= 0.6 is 21.9 Å². The quantitative estimate of drug-likeness (QED) is 0.0145. The van der Waals surface area contributed by atoms with E-state index >= 15 is 0 Å². The number of carbonyl (C=O) groups excluding carboxylic acids is 6. The molecule has 15 N–H and O–H groups in total. The highest BCUT2D eigenvalue weighted by molar-refractivity contribution is 8.75. The summed E-state index contributed by atoms with van der Waals surface area (Å²) in [6.07, 6.45) is 0.900. The number of amides is 5.